The van der Waals surface area contributed by atoms with Crippen LogP contribution in [-0.4, -0.2) is 30.8 Å². The number of halogens is 1. The summed E-state index contributed by atoms with van der Waals surface area (Å²) < 4.78 is 5.15. The maximum atomic E-state index is 12.2. The van der Waals surface area contributed by atoms with Gasteiger partial charge < -0.3 is 15.2 Å². The third-order valence-corrected chi connectivity index (χ3v) is 3.20. The van der Waals surface area contributed by atoms with Gasteiger partial charge in [-0.15, -0.1) is 0 Å². The molecule has 1 aromatic carbocycles. The van der Waals surface area contributed by atoms with E-state index in [1.807, 2.05) is 13.8 Å². The molecule has 1 unspecified atom stereocenters. The summed E-state index contributed by atoms with van der Waals surface area (Å²) >= 11 is 5.90. The number of carbonyl (C=O) groups is 1. The zero-order valence-corrected chi connectivity index (χ0v) is 12.2. The summed E-state index contributed by atoms with van der Waals surface area (Å²) in [5.41, 5.74) is 0.401. The molecule has 0 saturated carbocycles. The van der Waals surface area contributed by atoms with Crippen molar-refractivity contribution in [2.45, 2.75) is 26.3 Å². The Bertz CT molecular complexity index is 435. The first-order valence-corrected chi connectivity index (χ1v) is 6.62. The Morgan fingerprint density at radius 3 is 2.68 bits per heavy atom. The Morgan fingerprint density at radius 1 is 1.47 bits per heavy atom. The first-order valence-electron chi connectivity index (χ1n) is 6.24. The lowest BCUT2D eigenvalue weighted by Gasteiger charge is -2.22. The molecule has 4 nitrogen and oxygen atoms in total. The molecule has 0 radical (unpaired) electrons. The fraction of sp³-hybridized carbons (Fsp3) is 0.500. The van der Waals surface area contributed by atoms with E-state index in [9.17, 15) is 4.79 Å². The molecule has 1 rings (SSSR count). The highest BCUT2D eigenvalue weighted by Gasteiger charge is 2.19. The van der Waals surface area contributed by atoms with Crippen molar-refractivity contribution in [3.63, 3.8) is 0 Å². The molecular weight excluding hydrogens is 266 g/mol. The van der Waals surface area contributed by atoms with Crippen LogP contribution in [0.3, 0.4) is 0 Å². The van der Waals surface area contributed by atoms with E-state index in [0.717, 1.165) is 0 Å². The van der Waals surface area contributed by atoms with Gasteiger partial charge >= 0.3 is 0 Å². The molecule has 0 spiro atoms. The largest absolute Gasteiger partial charge is 0.496 e. The van der Waals surface area contributed by atoms with E-state index >= 15 is 0 Å². The summed E-state index contributed by atoms with van der Waals surface area (Å²) in [6.07, 6.45) is 0.520. The number of methoxy groups -OCH3 is 1. The number of rotatable bonds is 6. The number of nitrogens with one attached hydrogen (secondary N) is 1. The summed E-state index contributed by atoms with van der Waals surface area (Å²) in [7, 11) is 1.51. The minimum atomic E-state index is -0.244. The molecule has 0 aromatic heterocycles. The monoisotopic (exact) mass is 285 g/mol. The van der Waals surface area contributed by atoms with Gasteiger partial charge in [0.25, 0.3) is 5.91 Å². The molecule has 0 aliphatic carbocycles. The van der Waals surface area contributed by atoms with E-state index in [1.165, 1.54) is 7.11 Å². The van der Waals surface area contributed by atoms with Crippen molar-refractivity contribution in [2.24, 2.45) is 5.92 Å². The van der Waals surface area contributed by atoms with Gasteiger partial charge in [-0.3, -0.25) is 4.79 Å². The number of hydrogen-bond acceptors (Lipinski definition) is 3. The van der Waals surface area contributed by atoms with Crippen LogP contribution in [0.2, 0.25) is 5.02 Å². The highest BCUT2D eigenvalue weighted by Crippen LogP contribution is 2.23. The lowest BCUT2D eigenvalue weighted by molar-refractivity contribution is 0.0913. The van der Waals surface area contributed by atoms with Gasteiger partial charge in [-0.1, -0.05) is 25.4 Å². The Morgan fingerprint density at radius 2 is 2.16 bits per heavy atom. The van der Waals surface area contributed by atoms with E-state index in [2.05, 4.69) is 5.32 Å². The Labute approximate surface area is 118 Å². The van der Waals surface area contributed by atoms with Crippen molar-refractivity contribution in [1.29, 1.82) is 0 Å². The molecule has 0 heterocycles. The highest BCUT2D eigenvalue weighted by molar-refractivity contribution is 6.31. The second-order valence-corrected chi connectivity index (χ2v) is 5.12. The average Bonchev–Trinajstić information content (AvgIpc) is 2.37. The third-order valence-electron chi connectivity index (χ3n) is 2.97. The SMILES string of the molecule is COc1ccc(Cl)cc1C(=O)NC(CCO)C(C)C. The standard InChI is InChI=1S/C14H20ClNO3/c1-9(2)12(6-7-17)16-14(18)11-8-10(15)4-5-13(11)19-3/h4-5,8-9,12,17H,6-7H2,1-3H3,(H,16,18). The molecule has 1 atom stereocenters. The third kappa shape index (κ3) is 4.40. The zero-order valence-electron chi connectivity index (χ0n) is 11.4. The molecular formula is C14H20ClNO3. The van der Waals surface area contributed by atoms with Gasteiger partial charge in [-0.2, -0.15) is 0 Å². The van der Waals surface area contributed by atoms with Gasteiger partial charge in [0.1, 0.15) is 5.75 Å². The smallest absolute Gasteiger partial charge is 0.255 e. The number of amides is 1. The van der Waals surface area contributed by atoms with Gasteiger partial charge in [-0.25, -0.2) is 0 Å². The Hall–Kier alpha value is -1.26. The van der Waals surface area contributed by atoms with Gasteiger partial charge in [0.2, 0.25) is 0 Å². The molecule has 0 aliphatic rings. The fourth-order valence-corrected chi connectivity index (χ4v) is 1.99. The van der Waals surface area contributed by atoms with Crippen LogP contribution in [0.15, 0.2) is 18.2 Å². The summed E-state index contributed by atoms with van der Waals surface area (Å²) in [4.78, 5) is 12.2. The van der Waals surface area contributed by atoms with E-state index < -0.39 is 0 Å². The van der Waals surface area contributed by atoms with Gasteiger partial charge in [0, 0.05) is 17.7 Å². The van der Waals surface area contributed by atoms with Gasteiger partial charge in [-0.05, 0) is 30.5 Å². The van der Waals surface area contributed by atoms with Crippen LogP contribution in [0.5, 0.6) is 5.75 Å². The fourth-order valence-electron chi connectivity index (χ4n) is 1.82. The molecule has 0 saturated heterocycles. The minimum Gasteiger partial charge on any atom is -0.496 e. The molecule has 0 fully saturated rings. The highest BCUT2D eigenvalue weighted by atomic mass is 35.5. The van der Waals surface area contributed by atoms with Crippen LogP contribution in [0.4, 0.5) is 0 Å². The van der Waals surface area contributed by atoms with Crippen LogP contribution >= 0.6 is 11.6 Å². The number of aliphatic hydroxyl groups is 1. The van der Waals surface area contributed by atoms with Crippen LogP contribution in [-0.2, 0) is 0 Å². The number of aliphatic hydroxyl groups excluding tert-OH is 1. The molecule has 0 aliphatic heterocycles. The molecule has 5 heteroatoms. The maximum Gasteiger partial charge on any atom is 0.255 e. The Balaban J connectivity index is 2.90. The van der Waals surface area contributed by atoms with Crippen molar-refractivity contribution < 1.29 is 14.6 Å². The molecule has 19 heavy (non-hydrogen) atoms. The summed E-state index contributed by atoms with van der Waals surface area (Å²) in [5, 5.41) is 12.4. The van der Waals surface area contributed by atoms with Gasteiger partial charge in [0.15, 0.2) is 0 Å². The van der Waals surface area contributed by atoms with Crippen LogP contribution in [0.1, 0.15) is 30.6 Å². The minimum absolute atomic E-state index is 0.0375. The van der Waals surface area contributed by atoms with Crippen LogP contribution < -0.4 is 10.1 Å². The molecule has 1 amide bonds. The number of ether oxygens (including phenoxy) is 1. The summed E-state index contributed by atoms with van der Waals surface area (Å²) in [5.74, 6) is 0.473. The maximum absolute atomic E-state index is 12.2. The normalized spacial score (nSPS) is 12.3. The van der Waals surface area contributed by atoms with E-state index in [4.69, 9.17) is 21.4 Å². The first kappa shape index (κ1) is 15.8. The first-order chi connectivity index (χ1) is 8.99. The number of carbonyl (C=O) groups excluding carboxylic acids is 1. The topological polar surface area (TPSA) is 58.6 Å². The van der Waals surface area contributed by atoms with Crippen molar-refractivity contribution in [3.05, 3.63) is 28.8 Å². The van der Waals surface area contributed by atoms with E-state index in [-0.39, 0.29) is 24.5 Å². The second kappa shape index (κ2) is 7.36. The van der Waals surface area contributed by atoms with Crippen molar-refractivity contribution >= 4 is 17.5 Å². The number of benzene rings is 1. The van der Waals surface area contributed by atoms with Crippen molar-refractivity contribution in [1.82, 2.24) is 5.32 Å². The quantitative estimate of drug-likeness (QED) is 0.844. The van der Waals surface area contributed by atoms with Crippen LogP contribution in [0, 0.1) is 5.92 Å². The molecule has 106 valence electrons. The van der Waals surface area contributed by atoms with E-state index in [0.29, 0.717) is 22.8 Å². The predicted molar refractivity (Wildman–Crippen MR) is 75.8 cm³/mol. The predicted octanol–water partition coefficient (Wildman–Crippen LogP) is 2.49. The Kier molecular flexibility index (Phi) is 6.12. The van der Waals surface area contributed by atoms with Crippen molar-refractivity contribution in [3.8, 4) is 5.75 Å². The molecule has 0 bridgehead atoms. The van der Waals surface area contributed by atoms with E-state index in [1.54, 1.807) is 18.2 Å². The average molecular weight is 286 g/mol. The summed E-state index contributed by atoms with van der Waals surface area (Å²) in [6, 6.07) is 4.83. The lowest BCUT2D eigenvalue weighted by Crippen LogP contribution is -2.39. The lowest BCUT2D eigenvalue weighted by atomic mass is 10.0. The summed E-state index contributed by atoms with van der Waals surface area (Å²) in [6.45, 7) is 4.03. The van der Waals surface area contributed by atoms with Crippen LogP contribution in [0.25, 0.3) is 0 Å². The number of hydrogen-bond donors (Lipinski definition) is 2. The molecule has 1 aromatic rings. The molecule has 2 N–H and O–H groups in total. The second-order valence-electron chi connectivity index (χ2n) is 4.68. The van der Waals surface area contributed by atoms with Gasteiger partial charge in [0.05, 0.1) is 12.7 Å². The van der Waals surface area contributed by atoms with Crippen molar-refractivity contribution in [2.75, 3.05) is 13.7 Å². The zero-order chi connectivity index (χ0) is 14.4.